The molecular formula is C14H19F2N3O. The third kappa shape index (κ3) is 3.52. The van der Waals surface area contributed by atoms with Crippen LogP contribution in [0.5, 0.6) is 0 Å². The third-order valence-corrected chi connectivity index (χ3v) is 3.63. The van der Waals surface area contributed by atoms with E-state index in [4.69, 9.17) is 5.73 Å². The number of benzene rings is 1. The van der Waals surface area contributed by atoms with E-state index in [9.17, 15) is 13.6 Å². The van der Waals surface area contributed by atoms with Gasteiger partial charge in [-0.05, 0) is 18.2 Å². The molecule has 1 aromatic carbocycles. The molecule has 20 heavy (non-hydrogen) atoms. The first-order valence-electron chi connectivity index (χ1n) is 6.66. The maximum Gasteiger partial charge on any atom is 0.219 e. The molecule has 1 aliphatic rings. The number of rotatable bonds is 3. The quantitative estimate of drug-likeness (QED) is 0.904. The fraction of sp³-hybridized carbons (Fsp3) is 0.500. The van der Waals surface area contributed by atoms with Crippen LogP contribution in [0.2, 0.25) is 0 Å². The van der Waals surface area contributed by atoms with Crippen LogP contribution in [0.3, 0.4) is 0 Å². The molecule has 1 fully saturated rings. The maximum absolute atomic E-state index is 13.6. The van der Waals surface area contributed by atoms with Crippen molar-refractivity contribution < 1.29 is 13.6 Å². The lowest BCUT2D eigenvalue weighted by molar-refractivity contribution is -0.130. The van der Waals surface area contributed by atoms with E-state index in [1.165, 1.54) is 0 Å². The first-order valence-corrected chi connectivity index (χ1v) is 6.66. The molecule has 1 unspecified atom stereocenters. The van der Waals surface area contributed by atoms with Gasteiger partial charge in [0, 0.05) is 51.3 Å². The molecule has 1 atom stereocenters. The Balaban J connectivity index is 1.94. The van der Waals surface area contributed by atoms with Gasteiger partial charge in [-0.15, -0.1) is 0 Å². The topological polar surface area (TPSA) is 49.6 Å². The van der Waals surface area contributed by atoms with E-state index in [-0.39, 0.29) is 11.5 Å². The summed E-state index contributed by atoms with van der Waals surface area (Å²) in [6, 6.07) is 2.75. The lowest BCUT2D eigenvalue weighted by Gasteiger charge is -2.35. The molecule has 1 aromatic rings. The highest BCUT2D eigenvalue weighted by atomic mass is 19.1. The van der Waals surface area contributed by atoms with Crippen LogP contribution >= 0.6 is 0 Å². The zero-order chi connectivity index (χ0) is 14.7. The molecule has 2 N–H and O–H groups in total. The molecule has 1 aliphatic heterocycles. The van der Waals surface area contributed by atoms with Crippen LogP contribution in [0.25, 0.3) is 0 Å². The number of amides is 1. The summed E-state index contributed by atoms with van der Waals surface area (Å²) in [5.41, 5.74) is 6.15. The molecule has 0 aromatic heterocycles. The summed E-state index contributed by atoms with van der Waals surface area (Å²) in [5.74, 6) is -0.912. The number of nitrogens with two attached hydrogens (primary N) is 1. The minimum Gasteiger partial charge on any atom is -0.340 e. The van der Waals surface area contributed by atoms with Gasteiger partial charge in [0.25, 0.3) is 0 Å². The van der Waals surface area contributed by atoms with Crippen molar-refractivity contribution in [2.45, 2.75) is 13.0 Å². The Hall–Kier alpha value is -1.53. The molecule has 0 radical (unpaired) electrons. The van der Waals surface area contributed by atoms with Crippen molar-refractivity contribution in [1.29, 1.82) is 0 Å². The largest absolute Gasteiger partial charge is 0.340 e. The van der Waals surface area contributed by atoms with Crippen LogP contribution in [0.15, 0.2) is 18.2 Å². The van der Waals surface area contributed by atoms with Gasteiger partial charge in [0.15, 0.2) is 0 Å². The molecule has 1 amide bonds. The smallest absolute Gasteiger partial charge is 0.219 e. The van der Waals surface area contributed by atoms with Crippen molar-refractivity contribution in [3.8, 4) is 0 Å². The van der Waals surface area contributed by atoms with Gasteiger partial charge in [-0.2, -0.15) is 0 Å². The maximum atomic E-state index is 13.6. The highest BCUT2D eigenvalue weighted by Crippen LogP contribution is 2.18. The van der Waals surface area contributed by atoms with Gasteiger partial charge in [0.2, 0.25) is 5.91 Å². The molecule has 1 heterocycles. The highest BCUT2D eigenvalue weighted by molar-refractivity contribution is 5.73. The molecular weight excluding hydrogens is 264 g/mol. The molecule has 6 heteroatoms. The summed E-state index contributed by atoms with van der Waals surface area (Å²) >= 11 is 0. The first kappa shape index (κ1) is 14.9. The standard InChI is InChI=1S/C14H19F2N3O/c1-10(20)19-6-4-18(5-7-19)9-14(17)12-8-11(15)2-3-13(12)16/h2-3,8,14H,4-7,9,17H2,1H3. The Kier molecular flexibility index (Phi) is 4.67. The molecule has 0 aliphatic carbocycles. The van der Waals surface area contributed by atoms with Crippen molar-refractivity contribution in [2.75, 3.05) is 32.7 Å². The minimum absolute atomic E-state index is 0.0603. The Labute approximate surface area is 117 Å². The molecule has 2 rings (SSSR count). The molecule has 1 saturated heterocycles. The van der Waals surface area contributed by atoms with Crippen molar-refractivity contribution >= 4 is 5.91 Å². The van der Waals surface area contributed by atoms with Gasteiger partial charge in [-0.25, -0.2) is 8.78 Å². The highest BCUT2D eigenvalue weighted by Gasteiger charge is 2.21. The predicted octanol–water partition coefficient (Wildman–Crippen LogP) is 1.13. The Morgan fingerprint density at radius 3 is 2.55 bits per heavy atom. The normalized spacial score (nSPS) is 18.1. The van der Waals surface area contributed by atoms with Crippen LogP contribution in [-0.2, 0) is 4.79 Å². The zero-order valence-electron chi connectivity index (χ0n) is 11.5. The van der Waals surface area contributed by atoms with Crippen LogP contribution < -0.4 is 5.73 Å². The summed E-state index contributed by atoms with van der Waals surface area (Å²) < 4.78 is 26.8. The summed E-state index contributed by atoms with van der Waals surface area (Å²) in [6.45, 7) is 4.69. The van der Waals surface area contributed by atoms with Crippen LogP contribution in [0.1, 0.15) is 18.5 Å². The van der Waals surface area contributed by atoms with Crippen LogP contribution in [-0.4, -0.2) is 48.4 Å². The van der Waals surface area contributed by atoms with E-state index in [0.717, 1.165) is 18.2 Å². The summed E-state index contributed by atoms with van der Waals surface area (Å²) in [7, 11) is 0. The van der Waals surface area contributed by atoms with Crippen molar-refractivity contribution in [2.24, 2.45) is 5.73 Å². The van der Waals surface area contributed by atoms with E-state index in [1.54, 1.807) is 11.8 Å². The predicted molar refractivity (Wildman–Crippen MR) is 72.0 cm³/mol. The number of halogens is 2. The second-order valence-electron chi connectivity index (χ2n) is 5.08. The molecule has 110 valence electrons. The summed E-state index contributed by atoms with van der Waals surface area (Å²) in [6.07, 6.45) is 0. The summed E-state index contributed by atoms with van der Waals surface area (Å²) in [4.78, 5) is 15.1. The lowest BCUT2D eigenvalue weighted by Crippen LogP contribution is -2.49. The Morgan fingerprint density at radius 2 is 1.95 bits per heavy atom. The minimum atomic E-state index is -0.574. The second-order valence-corrected chi connectivity index (χ2v) is 5.08. The molecule has 0 saturated carbocycles. The van der Waals surface area contributed by atoms with Gasteiger partial charge in [-0.1, -0.05) is 0 Å². The molecule has 0 spiro atoms. The van der Waals surface area contributed by atoms with Gasteiger partial charge in [0.05, 0.1) is 0 Å². The van der Waals surface area contributed by atoms with Crippen molar-refractivity contribution in [1.82, 2.24) is 9.80 Å². The van der Waals surface area contributed by atoms with Crippen molar-refractivity contribution in [3.63, 3.8) is 0 Å². The average Bonchev–Trinajstić information content (AvgIpc) is 2.42. The molecule has 0 bridgehead atoms. The fourth-order valence-corrected chi connectivity index (χ4v) is 2.42. The number of hydrogen-bond donors (Lipinski definition) is 1. The van der Waals surface area contributed by atoms with Crippen molar-refractivity contribution in [3.05, 3.63) is 35.4 Å². The van der Waals surface area contributed by atoms with E-state index in [0.29, 0.717) is 32.7 Å². The average molecular weight is 283 g/mol. The number of nitrogens with zero attached hydrogens (tertiary/aromatic N) is 2. The zero-order valence-corrected chi connectivity index (χ0v) is 11.5. The first-order chi connectivity index (χ1) is 9.47. The van der Waals surface area contributed by atoms with Gasteiger partial charge >= 0.3 is 0 Å². The third-order valence-electron chi connectivity index (χ3n) is 3.63. The molecule has 4 nitrogen and oxygen atoms in total. The SMILES string of the molecule is CC(=O)N1CCN(CC(N)c2cc(F)ccc2F)CC1. The lowest BCUT2D eigenvalue weighted by atomic mass is 10.1. The summed E-state index contributed by atoms with van der Waals surface area (Å²) in [5, 5.41) is 0. The number of piperazine rings is 1. The van der Waals surface area contributed by atoms with Gasteiger partial charge in [-0.3, -0.25) is 9.69 Å². The van der Waals surface area contributed by atoms with E-state index in [2.05, 4.69) is 4.90 Å². The Morgan fingerprint density at radius 1 is 1.30 bits per heavy atom. The van der Waals surface area contributed by atoms with Gasteiger partial charge < -0.3 is 10.6 Å². The van der Waals surface area contributed by atoms with E-state index >= 15 is 0 Å². The van der Waals surface area contributed by atoms with Gasteiger partial charge in [0.1, 0.15) is 11.6 Å². The second kappa shape index (κ2) is 6.28. The van der Waals surface area contributed by atoms with Crippen LogP contribution in [0.4, 0.5) is 8.78 Å². The number of hydrogen-bond acceptors (Lipinski definition) is 3. The number of carbonyl (C=O) groups excluding carboxylic acids is 1. The van der Waals surface area contributed by atoms with E-state index in [1.807, 2.05) is 0 Å². The van der Waals surface area contributed by atoms with E-state index < -0.39 is 17.7 Å². The van der Waals surface area contributed by atoms with Crippen LogP contribution in [0, 0.1) is 11.6 Å². The Bertz CT molecular complexity index is 487. The monoisotopic (exact) mass is 283 g/mol. The number of carbonyl (C=O) groups is 1. The fourth-order valence-electron chi connectivity index (χ4n) is 2.42.